The Bertz CT molecular complexity index is 698. The zero-order chi connectivity index (χ0) is 23.2. The molecule has 0 fully saturated rings. The molecule has 7 heteroatoms. The molecule has 176 valence electrons. The second kappa shape index (κ2) is 14.6. The van der Waals surface area contributed by atoms with Crippen LogP contribution in [0.15, 0.2) is 48.5 Å². The maximum absolute atomic E-state index is 13.0. The first kappa shape index (κ1) is 25.8. The van der Waals surface area contributed by atoms with Crippen molar-refractivity contribution >= 4 is 17.2 Å². The number of methoxy groups -OCH3 is 4. The highest BCUT2D eigenvalue weighted by Gasteiger charge is 2.13. The number of carbonyl (C=O) groups is 1. The number of benzene rings is 2. The van der Waals surface area contributed by atoms with Gasteiger partial charge in [0.1, 0.15) is 0 Å². The summed E-state index contributed by atoms with van der Waals surface area (Å²) in [5, 5.41) is 0. The van der Waals surface area contributed by atoms with Crippen molar-refractivity contribution in [2.45, 2.75) is 0 Å². The van der Waals surface area contributed by atoms with E-state index in [1.807, 2.05) is 48.5 Å². The molecule has 0 aliphatic carbocycles. The number of hydrogen-bond acceptors (Lipinski definition) is 7. The van der Waals surface area contributed by atoms with E-state index in [1.165, 1.54) is 0 Å². The van der Waals surface area contributed by atoms with Crippen molar-refractivity contribution in [3.05, 3.63) is 59.7 Å². The molecule has 0 aliphatic heterocycles. The number of hydrogen-bond donors (Lipinski definition) is 0. The topological polar surface area (TPSA) is 60.5 Å². The summed E-state index contributed by atoms with van der Waals surface area (Å²) >= 11 is 0. The Balaban J connectivity index is 2.09. The van der Waals surface area contributed by atoms with E-state index in [1.54, 1.807) is 28.4 Å². The molecule has 0 radical (unpaired) electrons. The van der Waals surface area contributed by atoms with Gasteiger partial charge >= 0.3 is 0 Å². The third-order valence-corrected chi connectivity index (χ3v) is 5.25. The summed E-state index contributed by atoms with van der Waals surface area (Å²) in [6.07, 6.45) is 0. The van der Waals surface area contributed by atoms with Crippen LogP contribution in [-0.4, -0.2) is 86.8 Å². The SMILES string of the molecule is COCCN(CCOC)c1ccc(C(=O)c2ccc(N(CCOC)CCOC)cc2)cc1. The Labute approximate surface area is 191 Å². The molecular formula is C25H36N2O5. The van der Waals surface area contributed by atoms with Gasteiger partial charge in [-0.3, -0.25) is 4.79 Å². The predicted molar refractivity (Wildman–Crippen MR) is 128 cm³/mol. The van der Waals surface area contributed by atoms with Gasteiger partial charge in [-0.15, -0.1) is 0 Å². The Hall–Kier alpha value is -2.45. The molecule has 2 rings (SSSR count). The summed E-state index contributed by atoms with van der Waals surface area (Å²) in [5.41, 5.74) is 3.40. The largest absolute Gasteiger partial charge is 0.383 e. The minimum absolute atomic E-state index is 0.00349. The summed E-state index contributed by atoms with van der Waals surface area (Å²) in [6.45, 7) is 5.55. The average Bonchev–Trinajstić information content (AvgIpc) is 2.84. The molecule has 0 bridgehead atoms. The van der Waals surface area contributed by atoms with Crippen LogP contribution in [0.4, 0.5) is 11.4 Å². The smallest absolute Gasteiger partial charge is 0.193 e. The van der Waals surface area contributed by atoms with E-state index in [0.29, 0.717) is 37.6 Å². The van der Waals surface area contributed by atoms with E-state index >= 15 is 0 Å². The van der Waals surface area contributed by atoms with Gasteiger partial charge in [0, 0.05) is 77.1 Å². The lowest BCUT2D eigenvalue weighted by molar-refractivity contribution is 0.103. The average molecular weight is 445 g/mol. The van der Waals surface area contributed by atoms with E-state index in [9.17, 15) is 4.79 Å². The molecule has 0 N–H and O–H groups in total. The minimum Gasteiger partial charge on any atom is -0.383 e. The van der Waals surface area contributed by atoms with Crippen LogP contribution >= 0.6 is 0 Å². The van der Waals surface area contributed by atoms with Gasteiger partial charge in [0.15, 0.2) is 5.78 Å². The van der Waals surface area contributed by atoms with Gasteiger partial charge in [-0.1, -0.05) is 0 Å². The zero-order valence-electron chi connectivity index (χ0n) is 19.7. The number of ether oxygens (including phenoxy) is 4. The van der Waals surface area contributed by atoms with Crippen LogP contribution in [0, 0.1) is 0 Å². The molecule has 2 aromatic rings. The maximum Gasteiger partial charge on any atom is 0.193 e. The highest BCUT2D eigenvalue weighted by Crippen LogP contribution is 2.20. The van der Waals surface area contributed by atoms with Gasteiger partial charge in [0.25, 0.3) is 0 Å². The van der Waals surface area contributed by atoms with Crippen LogP contribution in [0.2, 0.25) is 0 Å². The normalized spacial score (nSPS) is 10.9. The van der Waals surface area contributed by atoms with Crippen molar-refractivity contribution in [3.8, 4) is 0 Å². The molecule has 0 aromatic heterocycles. The molecule has 32 heavy (non-hydrogen) atoms. The van der Waals surface area contributed by atoms with Crippen molar-refractivity contribution in [2.75, 3.05) is 90.8 Å². The first-order valence-electron chi connectivity index (χ1n) is 10.8. The summed E-state index contributed by atoms with van der Waals surface area (Å²) < 4.78 is 20.8. The fraction of sp³-hybridized carbons (Fsp3) is 0.480. The lowest BCUT2D eigenvalue weighted by Crippen LogP contribution is -2.30. The molecule has 7 nitrogen and oxygen atoms in total. The fourth-order valence-corrected chi connectivity index (χ4v) is 3.36. The Morgan fingerprint density at radius 3 is 1.09 bits per heavy atom. The summed E-state index contributed by atoms with van der Waals surface area (Å²) in [6, 6.07) is 15.4. The molecule has 0 saturated heterocycles. The van der Waals surface area contributed by atoms with E-state index in [2.05, 4.69) is 9.80 Å². The first-order valence-corrected chi connectivity index (χ1v) is 10.8. The highest BCUT2D eigenvalue weighted by molar-refractivity contribution is 6.09. The van der Waals surface area contributed by atoms with Gasteiger partial charge in [0.05, 0.1) is 26.4 Å². The van der Waals surface area contributed by atoms with Crippen molar-refractivity contribution in [1.29, 1.82) is 0 Å². The lowest BCUT2D eigenvalue weighted by atomic mass is 10.0. The molecule has 0 atom stereocenters. The van der Waals surface area contributed by atoms with Gasteiger partial charge in [-0.2, -0.15) is 0 Å². The van der Waals surface area contributed by atoms with Crippen LogP contribution in [0.25, 0.3) is 0 Å². The molecule has 0 aliphatic rings. The number of nitrogens with zero attached hydrogens (tertiary/aromatic N) is 2. The third kappa shape index (κ3) is 7.91. The molecular weight excluding hydrogens is 408 g/mol. The Morgan fingerprint density at radius 2 is 0.844 bits per heavy atom. The summed E-state index contributed by atoms with van der Waals surface area (Å²) in [7, 11) is 6.76. The highest BCUT2D eigenvalue weighted by atomic mass is 16.5. The standard InChI is InChI=1S/C25H36N2O5/c1-29-17-13-26(14-18-30-2)23-9-5-21(6-10-23)25(28)22-7-11-24(12-8-22)27(15-19-31-3)16-20-32-4/h5-12H,13-20H2,1-4H3. The van der Waals surface area contributed by atoms with E-state index in [0.717, 1.165) is 37.6 Å². The first-order chi connectivity index (χ1) is 15.6. The van der Waals surface area contributed by atoms with Gasteiger partial charge in [-0.25, -0.2) is 0 Å². The Morgan fingerprint density at radius 1 is 0.562 bits per heavy atom. The van der Waals surface area contributed by atoms with Crippen molar-refractivity contribution < 1.29 is 23.7 Å². The van der Waals surface area contributed by atoms with Crippen LogP contribution in [0.3, 0.4) is 0 Å². The quantitative estimate of drug-likeness (QED) is 0.369. The van der Waals surface area contributed by atoms with Crippen molar-refractivity contribution in [2.24, 2.45) is 0 Å². The van der Waals surface area contributed by atoms with Crippen LogP contribution in [0.5, 0.6) is 0 Å². The van der Waals surface area contributed by atoms with Gasteiger partial charge in [-0.05, 0) is 48.5 Å². The van der Waals surface area contributed by atoms with Crippen molar-refractivity contribution in [3.63, 3.8) is 0 Å². The lowest BCUT2D eigenvalue weighted by Gasteiger charge is -2.24. The van der Waals surface area contributed by atoms with Gasteiger partial charge in [0.2, 0.25) is 0 Å². The maximum atomic E-state index is 13.0. The van der Waals surface area contributed by atoms with E-state index in [-0.39, 0.29) is 5.78 Å². The number of anilines is 2. The summed E-state index contributed by atoms with van der Waals surface area (Å²) in [5.74, 6) is 0.00349. The van der Waals surface area contributed by atoms with Crippen LogP contribution in [-0.2, 0) is 18.9 Å². The molecule has 0 unspecified atom stereocenters. The van der Waals surface area contributed by atoms with Crippen LogP contribution in [0.1, 0.15) is 15.9 Å². The van der Waals surface area contributed by atoms with E-state index < -0.39 is 0 Å². The Kier molecular flexibility index (Phi) is 11.8. The predicted octanol–water partition coefficient (Wildman–Crippen LogP) is 3.12. The second-order valence-corrected chi connectivity index (χ2v) is 7.37. The molecule has 0 saturated carbocycles. The summed E-state index contributed by atoms with van der Waals surface area (Å²) in [4.78, 5) is 17.4. The monoisotopic (exact) mass is 444 g/mol. The molecule has 0 amide bonds. The number of rotatable bonds is 16. The number of ketones is 1. The fourth-order valence-electron chi connectivity index (χ4n) is 3.36. The van der Waals surface area contributed by atoms with Gasteiger partial charge < -0.3 is 28.7 Å². The molecule has 0 spiro atoms. The third-order valence-electron chi connectivity index (χ3n) is 5.25. The van der Waals surface area contributed by atoms with Crippen LogP contribution < -0.4 is 9.80 Å². The zero-order valence-corrected chi connectivity index (χ0v) is 19.7. The van der Waals surface area contributed by atoms with Crippen molar-refractivity contribution in [1.82, 2.24) is 0 Å². The van der Waals surface area contributed by atoms with E-state index in [4.69, 9.17) is 18.9 Å². The second-order valence-electron chi connectivity index (χ2n) is 7.37. The molecule has 2 aromatic carbocycles. The molecule has 0 heterocycles. The minimum atomic E-state index is 0.00349. The number of carbonyl (C=O) groups excluding carboxylic acids is 1.